The SMILES string of the molecule is Cc1ccc(C[C@@H](C)CN)c(C)c1. The van der Waals surface area contributed by atoms with Crippen LogP contribution in [-0.2, 0) is 6.42 Å². The highest BCUT2D eigenvalue weighted by Gasteiger charge is 2.03. The van der Waals surface area contributed by atoms with Gasteiger partial charge in [-0.25, -0.2) is 0 Å². The third-order valence-electron chi connectivity index (χ3n) is 2.47. The molecule has 0 aromatic heterocycles. The molecule has 0 bridgehead atoms. The van der Waals surface area contributed by atoms with E-state index >= 15 is 0 Å². The van der Waals surface area contributed by atoms with E-state index in [1.165, 1.54) is 16.7 Å². The molecule has 1 aromatic rings. The minimum absolute atomic E-state index is 0.585. The van der Waals surface area contributed by atoms with Crippen LogP contribution in [0.3, 0.4) is 0 Å². The van der Waals surface area contributed by atoms with Crippen LogP contribution < -0.4 is 5.73 Å². The zero-order valence-corrected chi connectivity index (χ0v) is 8.80. The normalized spacial score (nSPS) is 12.9. The lowest BCUT2D eigenvalue weighted by Gasteiger charge is -2.11. The summed E-state index contributed by atoms with van der Waals surface area (Å²) in [5.41, 5.74) is 9.76. The summed E-state index contributed by atoms with van der Waals surface area (Å²) in [5.74, 6) is 0.585. The molecule has 1 nitrogen and oxygen atoms in total. The van der Waals surface area contributed by atoms with Crippen LogP contribution in [-0.4, -0.2) is 6.54 Å². The Bertz CT molecular complexity index is 278. The van der Waals surface area contributed by atoms with E-state index < -0.39 is 0 Å². The summed E-state index contributed by atoms with van der Waals surface area (Å²) in [6.07, 6.45) is 1.10. The van der Waals surface area contributed by atoms with Gasteiger partial charge in [0.1, 0.15) is 0 Å². The fourth-order valence-electron chi connectivity index (χ4n) is 1.53. The first-order chi connectivity index (χ1) is 6.13. The molecule has 2 N–H and O–H groups in total. The van der Waals surface area contributed by atoms with Gasteiger partial charge in [-0.2, -0.15) is 0 Å². The van der Waals surface area contributed by atoms with Gasteiger partial charge in [-0.3, -0.25) is 0 Å². The predicted molar refractivity (Wildman–Crippen MR) is 57.8 cm³/mol. The van der Waals surface area contributed by atoms with E-state index in [1.54, 1.807) is 0 Å². The third kappa shape index (κ3) is 2.85. The Labute approximate surface area is 81.0 Å². The predicted octanol–water partition coefficient (Wildman–Crippen LogP) is 2.44. The molecule has 0 fully saturated rings. The smallest absolute Gasteiger partial charge is 0.00483 e. The molecule has 1 aromatic carbocycles. The van der Waals surface area contributed by atoms with E-state index in [0.29, 0.717) is 5.92 Å². The van der Waals surface area contributed by atoms with Crippen LogP contribution in [0.4, 0.5) is 0 Å². The molecule has 0 saturated heterocycles. The van der Waals surface area contributed by atoms with E-state index in [2.05, 4.69) is 39.0 Å². The second-order valence-corrected chi connectivity index (χ2v) is 3.97. The van der Waals surface area contributed by atoms with Gasteiger partial charge in [-0.05, 0) is 43.9 Å². The average Bonchev–Trinajstić information content (AvgIpc) is 2.09. The van der Waals surface area contributed by atoms with E-state index in [-0.39, 0.29) is 0 Å². The van der Waals surface area contributed by atoms with Crippen LogP contribution in [0.5, 0.6) is 0 Å². The second-order valence-electron chi connectivity index (χ2n) is 3.97. The Kier molecular flexibility index (Phi) is 3.49. The number of rotatable bonds is 3. The molecule has 0 heterocycles. The zero-order valence-electron chi connectivity index (χ0n) is 8.80. The minimum atomic E-state index is 0.585. The maximum Gasteiger partial charge on any atom is -0.00483 e. The maximum absolute atomic E-state index is 5.60. The lowest BCUT2D eigenvalue weighted by Crippen LogP contribution is -2.13. The molecule has 0 spiro atoms. The van der Waals surface area contributed by atoms with Gasteiger partial charge >= 0.3 is 0 Å². The Balaban J connectivity index is 2.77. The Morgan fingerprint density at radius 3 is 2.54 bits per heavy atom. The highest BCUT2D eigenvalue weighted by atomic mass is 14.5. The van der Waals surface area contributed by atoms with Crippen molar-refractivity contribution in [1.29, 1.82) is 0 Å². The third-order valence-corrected chi connectivity index (χ3v) is 2.47. The van der Waals surface area contributed by atoms with Gasteiger partial charge in [0.25, 0.3) is 0 Å². The van der Waals surface area contributed by atoms with Crippen molar-refractivity contribution in [3.63, 3.8) is 0 Å². The van der Waals surface area contributed by atoms with Gasteiger partial charge in [0.15, 0.2) is 0 Å². The summed E-state index contributed by atoms with van der Waals surface area (Å²) in [7, 11) is 0. The Hall–Kier alpha value is -0.820. The summed E-state index contributed by atoms with van der Waals surface area (Å²) in [6, 6.07) is 6.63. The van der Waals surface area contributed by atoms with E-state index in [4.69, 9.17) is 5.73 Å². The number of aryl methyl sites for hydroxylation is 2. The molecule has 0 saturated carbocycles. The molecular formula is C12H19N. The van der Waals surface area contributed by atoms with Gasteiger partial charge < -0.3 is 5.73 Å². The highest BCUT2D eigenvalue weighted by Crippen LogP contribution is 2.14. The van der Waals surface area contributed by atoms with Crippen LogP contribution in [0.2, 0.25) is 0 Å². The molecule has 1 atom stereocenters. The summed E-state index contributed by atoms with van der Waals surface area (Å²) >= 11 is 0. The number of hydrogen-bond acceptors (Lipinski definition) is 1. The summed E-state index contributed by atoms with van der Waals surface area (Å²) in [4.78, 5) is 0. The molecule has 1 rings (SSSR count). The molecule has 0 aliphatic carbocycles. The molecule has 13 heavy (non-hydrogen) atoms. The Morgan fingerprint density at radius 2 is 2.00 bits per heavy atom. The van der Waals surface area contributed by atoms with Crippen molar-refractivity contribution in [2.24, 2.45) is 11.7 Å². The van der Waals surface area contributed by atoms with Crippen molar-refractivity contribution in [3.8, 4) is 0 Å². The van der Waals surface area contributed by atoms with Crippen molar-refractivity contribution in [2.45, 2.75) is 27.2 Å². The van der Waals surface area contributed by atoms with E-state index in [1.807, 2.05) is 0 Å². The monoisotopic (exact) mass is 177 g/mol. The molecule has 0 radical (unpaired) electrons. The minimum Gasteiger partial charge on any atom is -0.330 e. The van der Waals surface area contributed by atoms with Crippen molar-refractivity contribution < 1.29 is 0 Å². The topological polar surface area (TPSA) is 26.0 Å². The largest absolute Gasteiger partial charge is 0.330 e. The molecule has 1 heteroatoms. The first kappa shape index (κ1) is 10.3. The van der Waals surface area contributed by atoms with Crippen molar-refractivity contribution in [2.75, 3.05) is 6.54 Å². The van der Waals surface area contributed by atoms with Gasteiger partial charge in [0, 0.05) is 0 Å². The van der Waals surface area contributed by atoms with Gasteiger partial charge in [-0.1, -0.05) is 30.7 Å². The fraction of sp³-hybridized carbons (Fsp3) is 0.500. The number of hydrogen-bond donors (Lipinski definition) is 1. The highest BCUT2D eigenvalue weighted by molar-refractivity contribution is 5.30. The first-order valence-corrected chi connectivity index (χ1v) is 4.89. The van der Waals surface area contributed by atoms with Crippen molar-refractivity contribution >= 4 is 0 Å². The first-order valence-electron chi connectivity index (χ1n) is 4.89. The van der Waals surface area contributed by atoms with E-state index in [0.717, 1.165) is 13.0 Å². The van der Waals surface area contributed by atoms with E-state index in [9.17, 15) is 0 Å². The van der Waals surface area contributed by atoms with Crippen molar-refractivity contribution in [3.05, 3.63) is 34.9 Å². The van der Waals surface area contributed by atoms with Gasteiger partial charge in [-0.15, -0.1) is 0 Å². The summed E-state index contributed by atoms with van der Waals surface area (Å²) in [6.45, 7) is 7.27. The summed E-state index contributed by atoms with van der Waals surface area (Å²) < 4.78 is 0. The van der Waals surface area contributed by atoms with Crippen molar-refractivity contribution in [1.82, 2.24) is 0 Å². The Morgan fingerprint density at radius 1 is 1.31 bits per heavy atom. The van der Waals surface area contributed by atoms with Crippen LogP contribution in [0.25, 0.3) is 0 Å². The lowest BCUT2D eigenvalue weighted by molar-refractivity contribution is 0.591. The zero-order chi connectivity index (χ0) is 9.84. The number of benzene rings is 1. The molecule has 0 aliphatic heterocycles. The molecular weight excluding hydrogens is 158 g/mol. The summed E-state index contributed by atoms with van der Waals surface area (Å²) in [5, 5.41) is 0. The van der Waals surface area contributed by atoms with Crippen LogP contribution in [0, 0.1) is 19.8 Å². The standard InChI is InChI=1S/C12H19N/c1-9-4-5-12(11(3)6-9)7-10(2)8-13/h4-6,10H,7-8,13H2,1-3H3/t10-/m1/s1. The molecule has 72 valence electrons. The molecule has 0 aliphatic rings. The maximum atomic E-state index is 5.60. The average molecular weight is 177 g/mol. The molecule has 0 unspecified atom stereocenters. The number of nitrogens with two attached hydrogens (primary N) is 1. The second kappa shape index (κ2) is 4.43. The quantitative estimate of drug-likeness (QED) is 0.754. The lowest BCUT2D eigenvalue weighted by atomic mass is 9.96. The van der Waals surface area contributed by atoms with Crippen LogP contribution in [0.1, 0.15) is 23.6 Å². The van der Waals surface area contributed by atoms with Gasteiger partial charge in [0.2, 0.25) is 0 Å². The van der Waals surface area contributed by atoms with Crippen LogP contribution >= 0.6 is 0 Å². The fourth-order valence-corrected chi connectivity index (χ4v) is 1.53. The molecule has 0 amide bonds. The van der Waals surface area contributed by atoms with Gasteiger partial charge in [0.05, 0.1) is 0 Å². The van der Waals surface area contributed by atoms with Crippen LogP contribution in [0.15, 0.2) is 18.2 Å².